The average Bonchev–Trinajstić information content (AvgIpc) is 3.37. The van der Waals surface area contributed by atoms with Gasteiger partial charge in [-0.15, -0.1) is 0 Å². The highest BCUT2D eigenvalue weighted by molar-refractivity contribution is 6.03. The Kier molecular flexibility index (Phi) is 7.16. The summed E-state index contributed by atoms with van der Waals surface area (Å²) in [6.07, 6.45) is 1.43. The molecular formula is C25H26FN3O4. The third kappa shape index (κ3) is 5.66. The molecule has 1 aliphatic heterocycles. The van der Waals surface area contributed by atoms with Gasteiger partial charge in [0.05, 0.1) is 25.5 Å². The molecule has 0 saturated carbocycles. The molecular weight excluding hydrogens is 425 g/mol. The van der Waals surface area contributed by atoms with Crippen molar-refractivity contribution >= 4 is 17.5 Å². The summed E-state index contributed by atoms with van der Waals surface area (Å²) in [6.45, 7) is 4.89. The van der Waals surface area contributed by atoms with E-state index in [-0.39, 0.29) is 29.4 Å². The number of nitrogens with zero attached hydrogens (tertiary/aromatic N) is 1. The summed E-state index contributed by atoms with van der Waals surface area (Å²) in [5.41, 5.74) is 2.71. The first-order chi connectivity index (χ1) is 16.0. The summed E-state index contributed by atoms with van der Waals surface area (Å²) in [7, 11) is 0. The van der Waals surface area contributed by atoms with Crippen molar-refractivity contribution < 1.29 is 23.1 Å². The minimum absolute atomic E-state index is 0.109. The SMILES string of the molecule is Cc1ccc(C(=O)NCC(c2ccc(F)cc2)N2CCOCC2)cc1NC(=O)c1ccco1. The van der Waals surface area contributed by atoms with Crippen LogP contribution >= 0.6 is 0 Å². The van der Waals surface area contributed by atoms with Gasteiger partial charge in [-0.2, -0.15) is 0 Å². The molecule has 1 aliphatic rings. The number of benzene rings is 2. The number of hydrogen-bond donors (Lipinski definition) is 2. The Labute approximate surface area is 191 Å². The lowest BCUT2D eigenvalue weighted by Crippen LogP contribution is -2.43. The number of carbonyl (C=O) groups is 2. The first-order valence-electron chi connectivity index (χ1n) is 10.8. The monoisotopic (exact) mass is 451 g/mol. The smallest absolute Gasteiger partial charge is 0.291 e. The highest BCUT2D eigenvalue weighted by Crippen LogP contribution is 2.23. The third-order valence-electron chi connectivity index (χ3n) is 5.69. The molecule has 33 heavy (non-hydrogen) atoms. The Morgan fingerprint density at radius 1 is 1.06 bits per heavy atom. The highest BCUT2D eigenvalue weighted by Gasteiger charge is 2.23. The van der Waals surface area contributed by atoms with Crippen LogP contribution in [0.1, 0.15) is 38.1 Å². The van der Waals surface area contributed by atoms with Gasteiger partial charge in [-0.3, -0.25) is 14.5 Å². The predicted octanol–water partition coefficient (Wildman–Crippen LogP) is 3.78. The zero-order valence-electron chi connectivity index (χ0n) is 18.3. The number of carbonyl (C=O) groups excluding carboxylic acids is 2. The van der Waals surface area contributed by atoms with Crippen molar-refractivity contribution in [1.29, 1.82) is 0 Å². The summed E-state index contributed by atoms with van der Waals surface area (Å²) in [6, 6.07) is 14.6. The van der Waals surface area contributed by atoms with Crippen LogP contribution in [0.25, 0.3) is 0 Å². The minimum atomic E-state index is -0.385. The first kappa shape index (κ1) is 22.7. The first-order valence-corrected chi connectivity index (χ1v) is 10.8. The Balaban J connectivity index is 1.46. The Morgan fingerprint density at radius 3 is 2.52 bits per heavy atom. The minimum Gasteiger partial charge on any atom is -0.459 e. The van der Waals surface area contributed by atoms with Gasteiger partial charge < -0.3 is 19.8 Å². The summed E-state index contributed by atoms with van der Waals surface area (Å²) >= 11 is 0. The Morgan fingerprint density at radius 2 is 1.82 bits per heavy atom. The number of amides is 2. The summed E-state index contributed by atoms with van der Waals surface area (Å²) in [4.78, 5) is 27.5. The highest BCUT2D eigenvalue weighted by atomic mass is 19.1. The third-order valence-corrected chi connectivity index (χ3v) is 5.69. The predicted molar refractivity (Wildman–Crippen MR) is 122 cm³/mol. The fraction of sp³-hybridized carbons (Fsp3) is 0.280. The molecule has 1 fully saturated rings. The molecule has 7 nitrogen and oxygen atoms in total. The normalized spacial score (nSPS) is 15.1. The molecule has 3 aromatic rings. The van der Waals surface area contributed by atoms with E-state index >= 15 is 0 Å². The largest absolute Gasteiger partial charge is 0.459 e. The molecule has 1 unspecified atom stereocenters. The molecule has 1 aromatic heterocycles. The molecule has 0 spiro atoms. The number of halogens is 1. The summed E-state index contributed by atoms with van der Waals surface area (Å²) < 4.78 is 24.0. The van der Waals surface area contributed by atoms with Crippen molar-refractivity contribution in [1.82, 2.24) is 10.2 Å². The number of hydrogen-bond acceptors (Lipinski definition) is 5. The number of aryl methyl sites for hydroxylation is 1. The maximum Gasteiger partial charge on any atom is 0.291 e. The van der Waals surface area contributed by atoms with Crippen molar-refractivity contribution in [2.24, 2.45) is 0 Å². The number of nitrogens with one attached hydrogen (secondary N) is 2. The van der Waals surface area contributed by atoms with Crippen LogP contribution in [0.2, 0.25) is 0 Å². The molecule has 1 saturated heterocycles. The summed E-state index contributed by atoms with van der Waals surface area (Å²) in [5.74, 6) is -0.752. The van der Waals surface area contributed by atoms with Crippen molar-refractivity contribution in [3.63, 3.8) is 0 Å². The van der Waals surface area contributed by atoms with Crippen LogP contribution in [-0.4, -0.2) is 49.6 Å². The van der Waals surface area contributed by atoms with Crippen molar-refractivity contribution in [3.05, 3.63) is 89.1 Å². The van der Waals surface area contributed by atoms with Crippen LogP contribution in [0.15, 0.2) is 65.3 Å². The van der Waals surface area contributed by atoms with E-state index < -0.39 is 0 Å². The fourth-order valence-corrected chi connectivity index (χ4v) is 3.81. The number of rotatable bonds is 7. The second kappa shape index (κ2) is 10.4. The van der Waals surface area contributed by atoms with Crippen molar-refractivity contribution in [3.8, 4) is 0 Å². The van der Waals surface area contributed by atoms with Gasteiger partial charge in [0.15, 0.2) is 5.76 Å². The van der Waals surface area contributed by atoms with E-state index in [0.29, 0.717) is 31.0 Å². The van der Waals surface area contributed by atoms with E-state index in [9.17, 15) is 14.0 Å². The van der Waals surface area contributed by atoms with E-state index in [1.54, 1.807) is 42.5 Å². The average molecular weight is 451 g/mol. The van der Waals surface area contributed by atoms with Gasteiger partial charge >= 0.3 is 0 Å². The number of furan rings is 1. The zero-order chi connectivity index (χ0) is 23.2. The molecule has 8 heteroatoms. The molecule has 2 amide bonds. The van der Waals surface area contributed by atoms with Crippen molar-refractivity contribution in [2.75, 3.05) is 38.2 Å². The maximum atomic E-state index is 13.4. The van der Waals surface area contributed by atoms with E-state index in [4.69, 9.17) is 9.15 Å². The van der Waals surface area contributed by atoms with Gasteiger partial charge in [-0.05, 0) is 54.4 Å². The summed E-state index contributed by atoms with van der Waals surface area (Å²) in [5, 5.41) is 5.78. The molecule has 0 bridgehead atoms. The van der Waals surface area contributed by atoms with Gasteiger partial charge in [-0.1, -0.05) is 18.2 Å². The number of morpholine rings is 1. The van der Waals surface area contributed by atoms with Crippen LogP contribution < -0.4 is 10.6 Å². The van der Waals surface area contributed by atoms with Crippen molar-refractivity contribution in [2.45, 2.75) is 13.0 Å². The molecule has 2 N–H and O–H groups in total. The van der Waals surface area contributed by atoms with E-state index in [2.05, 4.69) is 15.5 Å². The van der Waals surface area contributed by atoms with E-state index in [1.807, 2.05) is 6.92 Å². The van der Waals surface area contributed by atoms with Gasteiger partial charge in [-0.25, -0.2) is 4.39 Å². The van der Waals surface area contributed by atoms with Gasteiger partial charge in [0, 0.05) is 30.9 Å². The maximum absolute atomic E-state index is 13.4. The van der Waals surface area contributed by atoms with Gasteiger partial charge in [0.2, 0.25) is 0 Å². The molecule has 0 radical (unpaired) electrons. The number of anilines is 1. The molecule has 2 aromatic carbocycles. The number of ether oxygens (including phenoxy) is 1. The molecule has 2 heterocycles. The van der Waals surface area contributed by atoms with Gasteiger partial charge in [0.25, 0.3) is 11.8 Å². The Hall–Kier alpha value is -3.49. The van der Waals surface area contributed by atoms with Crippen LogP contribution in [0.5, 0.6) is 0 Å². The van der Waals surface area contributed by atoms with Crippen LogP contribution in [0, 0.1) is 12.7 Å². The lowest BCUT2D eigenvalue weighted by molar-refractivity contribution is 0.0162. The van der Waals surface area contributed by atoms with Crippen LogP contribution in [-0.2, 0) is 4.74 Å². The lowest BCUT2D eigenvalue weighted by atomic mass is 10.0. The standard InChI is InChI=1S/C25H26FN3O4/c1-17-4-5-19(15-21(17)28-25(31)23-3-2-12-33-23)24(30)27-16-22(29-10-13-32-14-11-29)18-6-8-20(26)9-7-18/h2-9,12,15,22H,10-11,13-14,16H2,1H3,(H,27,30)(H,28,31). The van der Waals surface area contributed by atoms with E-state index in [1.165, 1.54) is 18.4 Å². The fourth-order valence-electron chi connectivity index (χ4n) is 3.81. The second-order valence-corrected chi connectivity index (χ2v) is 7.89. The molecule has 172 valence electrons. The second-order valence-electron chi connectivity index (χ2n) is 7.89. The topological polar surface area (TPSA) is 83.8 Å². The molecule has 1 atom stereocenters. The van der Waals surface area contributed by atoms with Crippen LogP contribution in [0.4, 0.5) is 10.1 Å². The lowest BCUT2D eigenvalue weighted by Gasteiger charge is -2.35. The van der Waals surface area contributed by atoms with Crippen LogP contribution in [0.3, 0.4) is 0 Å². The Bertz CT molecular complexity index is 1090. The zero-order valence-corrected chi connectivity index (χ0v) is 18.3. The molecule has 4 rings (SSSR count). The molecule has 0 aliphatic carbocycles. The van der Waals surface area contributed by atoms with E-state index in [0.717, 1.165) is 24.2 Å². The van der Waals surface area contributed by atoms with Gasteiger partial charge in [0.1, 0.15) is 5.82 Å². The quantitative estimate of drug-likeness (QED) is 0.571.